The number of halogens is 1. The van der Waals surface area contributed by atoms with Gasteiger partial charge < -0.3 is 9.80 Å². The van der Waals surface area contributed by atoms with Gasteiger partial charge in [0.25, 0.3) is 0 Å². The van der Waals surface area contributed by atoms with Crippen LogP contribution in [0.3, 0.4) is 0 Å². The molecule has 0 unspecified atom stereocenters. The first-order chi connectivity index (χ1) is 14.9. The fourth-order valence-electron chi connectivity index (χ4n) is 3.79. The van der Waals surface area contributed by atoms with Gasteiger partial charge in [-0.3, -0.25) is 9.36 Å². The summed E-state index contributed by atoms with van der Waals surface area (Å²) in [6.07, 6.45) is 6.03. The van der Waals surface area contributed by atoms with Crippen LogP contribution < -0.4 is 9.80 Å². The van der Waals surface area contributed by atoms with Gasteiger partial charge in [0.05, 0.1) is 6.20 Å². The van der Waals surface area contributed by atoms with Crippen molar-refractivity contribution in [3.05, 3.63) is 47.3 Å². The molecule has 1 atom stereocenters. The summed E-state index contributed by atoms with van der Waals surface area (Å²) < 4.78 is 2.85. The molecule has 3 heterocycles. The second-order valence-electron chi connectivity index (χ2n) is 7.33. The molecule has 4 rings (SSSR count). The summed E-state index contributed by atoms with van der Waals surface area (Å²) in [5, 5.41) is 0. The third kappa shape index (κ3) is 4.21. The van der Waals surface area contributed by atoms with Crippen molar-refractivity contribution < 1.29 is 4.79 Å². The Morgan fingerprint density at radius 1 is 1.19 bits per heavy atom. The van der Waals surface area contributed by atoms with Crippen LogP contribution in [0, 0.1) is 0 Å². The number of fused-ring (bicyclic) bond motifs is 1. The Hall–Kier alpha value is -2.74. The predicted molar refractivity (Wildman–Crippen MR) is 129 cm³/mol. The number of aromatic nitrogens is 4. The van der Waals surface area contributed by atoms with Crippen molar-refractivity contribution in [2.75, 3.05) is 16.8 Å². The molecule has 0 bridgehead atoms. The molecule has 0 saturated heterocycles. The molecule has 0 aliphatic carbocycles. The second kappa shape index (κ2) is 9.60. The van der Waals surface area contributed by atoms with Gasteiger partial charge in [0, 0.05) is 35.5 Å². The first-order valence-corrected chi connectivity index (χ1v) is 11.4. The number of rotatable bonds is 4. The van der Waals surface area contributed by atoms with Crippen molar-refractivity contribution in [2.24, 2.45) is 0 Å². The number of carbonyl (C=O) groups is 1. The highest BCUT2D eigenvalue weighted by Crippen LogP contribution is 2.36. The number of carbonyl (C=O) groups excluding carboxylic acids is 1. The van der Waals surface area contributed by atoms with E-state index in [9.17, 15) is 4.79 Å². The van der Waals surface area contributed by atoms with E-state index in [4.69, 9.17) is 4.98 Å². The van der Waals surface area contributed by atoms with Crippen molar-refractivity contribution in [3.8, 4) is 17.3 Å². The van der Waals surface area contributed by atoms with E-state index < -0.39 is 0 Å². The number of nitrogens with zero attached hydrogens (tertiary/aromatic N) is 6. The Morgan fingerprint density at radius 3 is 2.58 bits per heavy atom. The van der Waals surface area contributed by atoms with Crippen LogP contribution in [0.2, 0.25) is 0 Å². The van der Waals surface area contributed by atoms with Crippen LogP contribution in [0.25, 0.3) is 17.3 Å². The van der Waals surface area contributed by atoms with E-state index in [0.717, 1.165) is 27.4 Å². The smallest absolute Gasteiger partial charge is 0.249 e. The number of amides is 1. The lowest BCUT2D eigenvalue weighted by Crippen LogP contribution is -2.55. The monoisotopic (exact) mass is 484 g/mol. The lowest BCUT2D eigenvalue weighted by Gasteiger charge is -2.42. The molecule has 3 aromatic rings. The Bertz CT molecular complexity index is 1060. The SMILES string of the molecule is CC.CC[C@@H]1C(=O)N(C)c2cnc(-n3ccnc3-c3cccc(Br)c3)nc2N1C(C)C. The molecule has 7 nitrogen and oxygen atoms in total. The van der Waals surface area contributed by atoms with Crippen LogP contribution in [0.15, 0.2) is 47.3 Å². The maximum Gasteiger partial charge on any atom is 0.249 e. The quantitative estimate of drug-likeness (QED) is 0.515. The van der Waals surface area contributed by atoms with E-state index in [2.05, 4.69) is 44.6 Å². The molecule has 31 heavy (non-hydrogen) atoms. The topological polar surface area (TPSA) is 67.2 Å². The van der Waals surface area contributed by atoms with Crippen molar-refractivity contribution >= 4 is 33.3 Å². The van der Waals surface area contributed by atoms with Gasteiger partial charge in [0.2, 0.25) is 11.9 Å². The average molecular weight is 485 g/mol. The van der Waals surface area contributed by atoms with E-state index in [-0.39, 0.29) is 18.0 Å². The van der Waals surface area contributed by atoms with Gasteiger partial charge in [-0.2, -0.15) is 4.98 Å². The highest BCUT2D eigenvalue weighted by Gasteiger charge is 2.38. The number of hydrogen-bond acceptors (Lipinski definition) is 5. The molecule has 1 aliphatic rings. The Labute approximate surface area is 192 Å². The van der Waals surface area contributed by atoms with Crippen LogP contribution in [-0.2, 0) is 4.79 Å². The van der Waals surface area contributed by atoms with Gasteiger partial charge in [-0.05, 0) is 32.4 Å². The van der Waals surface area contributed by atoms with Crippen molar-refractivity contribution in [1.82, 2.24) is 19.5 Å². The molecule has 0 radical (unpaired) electrons. The maximum atomic E-state index is 12.8. The van der Waals surface area contributed by atoms with Gasteiger partial charge in [-0.15, -0.1) is 0 Å². The Morgan fingerprint density at radius 2 is 1.94 bits per heavy atom. The van der Waals surface area contributed by atoms with E-state index >= 15 is 0 Å². The molecular weight excluding hydrogens is 456 g/mol. The summed E-state index contributed by atoms with van der Waals surface area (Å²) >= 11 is 3.52. The standard InChI is InChI=1S/C21H23BrN6O.C2H6/c1-5-16-20(29)26(4)17-12-24-21(25-19(17)28(16)13(2)3)27-10-9-23-18(27)14-7-6-8-15(22)11-14;1-2/h6-13,16H,5H2,1-4H3;1-2H3/t16-;/m1./s1. The summed E-state index contributed by atoms with van der Waals surface area (Å²) in [6.45, 7) is 10.2. The summed E-state index contributed by atoms with van der Waals surface area (Å²) in [5.74, 6) is 2.13. The molecule has 1 aromatic carbocycles. The molecule has 0 saturated carbocycles. The Kier molecular flexibility index (Phi) is 7.10. The first-order valence-electron chi connectivity index (χ1n) is 10.6. The minimum atomic E-state index is -0.234. The highest BCUT2D eigenvalue weighted by molar-refractivity contribution is 9.10. The van der Waals surface area contributed by atoms with E-state index in [1.807, 2.05) is 55.8 Å². The van der Waals surface area contributed by atoms with E-state index in [1.165, 1.54) is 0 Å². The normalized spacial score (nSPS) is 15.6. The highest BCUT2D eigenvalue weighted by atomic mass is 79.9. The lowest BCUT2D eigenvalue weighted by atomic mass is 10.1. The summed E-state index contributed by atoms with van der Waals surface area (Å²) in [4.78, 5) is 30.5. The summed E-state index contributed by atoms with van der Waals surface area (Å²) in [6, 6.07) is 7.86. The van der Waals surface area contributed by atoms with Crippen LogP contribution in [-0.4, -0.2) is 44.6 Å². The number of imidazole rings is 1. The molecule has 2 aromatic heterocycles. The van der Waals surface area contributed by atoms with Gasteiger partial charge in [-0.1, -0.05) is 48.8 Å². The number of likely N-dealkylation sites (N-methyl/N-ethyl adjacent to an activating group) is 1. The molecule has 164 valence electrons. The molecule has 1 amide bonds. The van der Waals surface area contributed by atoms with Crippen LogP contribution in [0.1, 0.15) is 41.0 Å². The third-order valence-electron chi connectivity index (χ3n) is 5.18. The number of hydrogen-bond donors (Lipinski definition) is 0. The molecular formula is C23H29BrN6O. The van der Waals surface area contributed by atoms with Gasteiger partial charge in [-0.25, -0.2) is 9.97 Å². The van der Waals surface area contributed by atoms with Crippen molar-refractivity contribution in [1.29, 1.82) is 0 Å². The third-order valence-corrected chi connectivity index (χ3v) is 5.67. The summed E-state index contributed by atoms with van der Waals surface area (Å²) in [5.41, 5.74) is 1.69. The van der Waals surface area contributed by atoms with Crippen LogP contribution in [0.5, 0.6) is 0 Å². The van der Waals surface area contributed by atoms with Crippen LogP contribution in [0.4, 0.5) is 11.5 Å². The second-order valence-corrected chi connectivity index (χ2v) is 8.25. The van der Waals surface area contributed by atoms with Gasteiger partial charge >= 0.3 is 0 Å². The summed E-state index contributed by atoms with van der Waals surface area (Å²) in [7, 11) is 1.79. The fourth-order valence-corrected chi connectivity index (χ4v) is 4.19. The minimum absolute atomic E-state index is 0.0718. The molecule has 0 N–H and O–H groups in total. The van der Waals surface area contributed by atoms with E-state index in [0.29, 0.717) is 12.4 Å². The zero-order valence-electron chi connectivity index (χ0n) is 18.9. The number of anilines is 2. The van der Waals surface area contributed by atoms with Gasteiger partial charge in [0.1, 0.15) is 17.6 Å². The molecule has 8 heteroatoms. The minimum Gasteiger partial charge on any atom is -0.340 e. The van der Waals surface area contributed by atoms with Crippen molar-refractivity contribution in [3.63, 3.8) is 0 Å². The largest absolute Gasteiger partial charge is 0.340 e. The first kappa shape index (κ1) is 22.9. The molecule has 1 aliphatic heterocycles. The lowest BCUT2D eigenvalue weighted by molar-refractivity contribution is -0.120. The molecule has 0 fully saturated rings. The Balaban J connectivity index is 0.00000132. The average Bonchev–Trinajstić information content (AvgIpc) is 3.27. The van der Waals surface area contributed by atoms with Gasteiger partial charge in [0.15, 0.2) is 5.82 Å². The molecule has 0 spiro atoms. The zero-order valence-corrected chi connectivity index (χ0v) is 20.5. The van der Waals surface area contributed by atoms with Crippen LogP contribution >= 0.6 is 15.9 Å². The predicted octanol–water partition coefficient (Wildman–Crippen LogP) is 5.09. The zero-order chi connectivity index (χ0) is 22.7. The van der Waals surface area contributed by atoms with Crippen molar-refractivity contribution in [2.45, 2.75) is 53.1 Å². The fraction of sp³-hybridized carbons (Fsp3) is 0.391. The number of benzene rings is 1. The van der Waals surface area contributed by atoms with E-state index in [1.54, 1.807) is 24.3 Å². The maximum absolute atomic E-state index is 12.8.